The lowest BCUT2D eigenvalue weighted by Gasteiger charge is -2.17. The lowest BCUT2D eigenvalue weighted by atomic mass is 10.0. The summed E-state index contributed by atoms with van der Waals surface area (Å²) in [5.41, 5.74) is 0. The van der Waals surface area contributed by atoms with Gasteiger partial charge in [0.15, 0.2) is 0 Å². The second-order valence-corrected chi connectivity index (χ2v) is 4.66. The molecule has 1 aromatic rings. The Morgan fingerprint density at radius 1 is 1.29 bits per heavy atom. The minimum atomic E-state index is 0.925. The molecule has 1 unspecified atom stereocenters. The molecule has 1 saturated heterocycles. The first-order valence-electron chi connectivity index (χ1n) is 5.20. The predicted molar refractivity (Wildman–Crippen MR) is 65.4 cm³/mol. The fraction of sp³-hybridized carbons (Fsp3) is 0.500. The van der Waals surface area contributed by atoms with Crippen LogP contribution in [0.25, 0.3) is 0 Å². The highest BCUT2D eigenvalue weighted by atomic mass is 79.9. The second kappa shape index (κ2) is 7.02. The summed E-state index contributed by atoms with van der Waals surface area (Å²) in [6.07, 6.45) is 2.80. The molecular weight excluding hydrogens is 238 g/mol. The standard InChI is InChI=1S/C6H5Br.C6H13N/c7-6-4-2-1-3-5-6;1-6-3-2-4-7-5-6/h1-5H;6-7H,2-5H2,1H3. The lowest BCUT2D eigenvalue weighted by molar-refractivity contribution is 0.405. The molecule has 0 aromatic heterocycles. The van der Waals surface area contributed by atoms with Crippen molar-refractivity contribution in [1.29, 1.82) is 0 Å². The molecule has 0 radical (unpaired) electrons. The van der Waals surface area contributed by atoms with Crippen LogP contribution in [0.2, 0.25) is 0 Å². The molecule has 0 spiro atoms. The van der Waals surface area contributed by atoms with Crippen LogP contribution >= 0.6 is 15.9 Å². The highest BCUT2D eigenvalue weighted by Crippen LogP contribution is 2.06. The molecule has 0 saturated carbocycles. The third-order valence-electron chi connectivity index (χ3n) is 2.28. The van der Waals surface area contributed by atoms with Crippen LogP contribution in [0.15, 0.2) is 34.8 Å². The van der Waals surface area contributed by atoms with Gasteiger partial charge in [-0.2, -0.15) is 0 Å². The molecule has 2 rings (SSSR count). The summed E-state index contributed by atoms with van der Waals surface area (Å²) in [5, 5.41) is 3.33. The minimum absolute atomic E-state index is 0.925. The quantitative estimate of drug-likeness (QED) is 0.749. The van der Waals surface area contributed by atoms with Gasteiger partial charge in [0.2, 0.25) is 0 Å². The van der Waals surface area contributed by atoms with Gasteiger partial charge in [-0.1, -0.05) is 41.1 Å². The summed E-state index contributed by atoms with van der Waals surface area (Å²) >= 11 is 3.31. The second-order valence-electron chi connectivity index (χ2n) is 3.75. The van der Waals surface area contributed by atoms with Gasteiger partial charge in [-0.3, -0.25) is 0 Å². The summed E-state index contributed by atoms with van der Waals surface area (Å²) in [5.74, 6) is 0.925. The fourth-order valence-electron chi connectivity index (χ4n) is 1.44. The van der Waals surface area contributed by atoms with Gasteiger partial charge >= 0.3 is 0 Å². The third-order valence-corrected chi connectivity index (χ3v) is 2.81. The first-order valence-corrected chi connectivity index (χ1v) is 5.99. The molecule has 14 heavy (non-hydrogen) atoms. The van der Waals surface area contributed by atoms with E-state index in [2.05, 4.69) is 28.2 Å². The van der Waals surface area contributed by atoms with E-state index in [-0.39, 0.29) is 0 Å². The number of hydrogen-bond donors (Lipinski definition) is 1. The maximum absolute atomic E-state index is 3.33. The van der Waals surface area contributed by atoms with Crippen LogP contribution < -0.4 is 5.32 Å². The molecule has 2 heteroatoms. The van der Waals surface area contributed by atoms with E-state index in [9.17, 15) is 0 Å². The van der Waals surface area contributed by atoms with Gasteiger partial charge in [0.25, 0.3) is 0 Å². The van der Waals surface area contributed by atoms with Crippen LogP contribution in [0.4, 0.5) is 0 Å². The molecule has 0 bridgehead atoms. The summed E-state index contributed by atoms with van der Waals surface area (Å²) < 4.78 is 1.13. The lowest BCUT2D eigenvalue weighted by Crippen LogP contribution is -2.27. The van der Waals surface area contributed by atoms with Crippen molar-refractivity contribution in [2.24, 2.45) is 5.92 Å². The van der Waals surface area contributed by atoms with Crippen molar-refractivity contribution in [3.63, 3.8) is 0 Å². The molecule has 1 aliphatic heterocycles. The summed E-state index contributed by atoms with van der Waals surface area (Å²) in [6, 6.07) is 9.97. The van der Waals surface area contributed by atoms with E-state index >= 15 is 0 Å². The van der Waals surface area contributed by atoms with E-state index in [1.807, 2.05) is 30.3 Å². The van der Waals surface area contributed by atoms with Crippen molar-refractivity contribution >= 4 is 15.9 Å². The Hall–Kier alpha value is -0.340. The van der Waals surface area contributed by atoms with E-state index in [0.717, 1.165) is 10.4 Å². The van der Waals surface area contributed by atoms with Gasteiger partial charge in [-0.05, 0) is 44.0 Å². The smallest absolute Gasteiger partial charge is 0.0175 e. The van der Waals surface area contributed by atoms with Crippen molar-refractivity contribution < 1.29 is 0 Å². The zero-order valence-corrected chi connectivity index (χ0v) is 10.3. The molecule has 1 nitrogen and oxygen atoms in total. The average molecular weight is 256 g/mol. The molecule has 1 N–H and O–H groups in total. The Balaban J connectivity index is 0.000000140. The number of piperidine rings is 1. The molecule has 0 aliphatic carbocycles. The van der Waals surface area contributed by atoms with Crippen LogP contribution in [0.5, 0.6) is 0 Å². The van der Waals surface area contributed by atoms with Gasteiger partial charge in [0.1, 0.15) is 0 Å². The molecule has 78 valence electrons. The van der Waals surface area contributed by atoms with Crippen molar-refractivity contribution in [2.75, 3.05) is 13.1 Å². The Bertz CT molecular complexity index is 229. The molecule has 1 atom stereocenters. The van der Waals surface area contributed by atoms with Crippen molar-refractivity contribution in [1.82, 2.24) is 5.32 Å². The van der Waals surface area contributed by atoms with Crippen molar-refractivity contribution in [3.8, 4) is 0 Å². The number of halogens is 1. The minimum Gasteiger partial charge on any atom is -0.316 e. The topological polar surface area (TPSA) is 12.0 Å². The van der Waals surface area contributed by atoms with Crippen LogP contribution in [0.1, 0.15) is 19.8 Å². The van der Waals surface area contributed by atoms with E-state index in [1.165, 1.54) is 25.9 Å². The van der Waals surface area contributed by atoms with Crippen LogP contribution in [-0.2, 0) is 0 Å². The molecule has 0 amide bonds. The van der Waals surface area contributed by atoms with Gasteiger partial charge in [-0.15, -0.1) is 0 Å². The maximum atomic E-state index is 3.33. The van der Waals surface area contributed by atoms with Gasteiger partial charge in [-0.25, -0.2) is 0 Å². The molecule has 1 heterocycles. The van der Waals surface area contributed by atoms with Gasteiger partial charge < -0.3 is 5.32 Å². The Kier molecular flexibility index (Phi) is 5.88. The number of nitrogens with one attached hydrogen (secondary N) is 1. The summed E-state index contributed by atoms with van der Waals surface area (Å²) in [7, 11) is 0. The van der Waals surface area contributed by atoms with Crippen LogP contribution in [0.3, 0.4) is 0 Å². The third kappa shape index (κ3) is 5.40. The number of benzene rings is 1. The summed E-state index contributed by atoms with van der Waals surface area (Å²) in [6.45, 7) is 4.77. The summed E-state index contributed by atoms with van der Waals surface area (Å²) in [4.78, 5) is 0. The fourth-order valence-corrected chi connectivity index (χ4v) is 1.75. The molecular formula is C12H18BrN. The van der Waals surface area contributed by atoms with Crippen molar-refractivity contribution in [3.05, 3.63) is 34.8 Å². The van der Waals surface area contributed by atoms with E-state index in [4.69, 9.17) is 0 Å². The number of hydrogen-bond acceptors (Lipinski definition) is 1. The predicted octanol–water partition coefficient (Wildman–Crippen LogP) is 3.46. The highest BCUT2D eigenvalue weighted by Gasteiger charge is 2.04. The Morgan fingerprint density at radius 2 is 2.00 bits per heavy atom. The molecule has 1 fully saturated rings. The SMILES string of the molecule is Brc1ccccc1.CC1CCCNC1. The monoisotopic (exact) mass is 255 g/mol. The zero-order chi connectivity index (χ0) is 10.2. The number of rotatable bonds is 0. The van der Waals surface area contributed by atoms with Gasteiger partial charge in [0, 0.05) is 4.47 Å². The van der Waals surface area contributed by atoms with E-state index in [1.54, 1.807) is 0 Å². The maximum Gasteiger partial charge on any atom is 0.0175 e. The van der Waals surface area contributed by atoms with Gasteiger partial charge in [0.05, 0.1) is 0 Å². The molecule has 1 aliphatic rings. The Morgan fingerprint density at radius 3 is 2.29 bits per heavy atom. The first-order chi connectivity index (χ1) is 6.79. The largest absolute Gasteiger partial charge is 0.316 e. The van der Waals surface area contributed by atoms with E-state index in [0.29, 0.717) is 0 Å². The highest BCUT2D eigenvalue weighted by molar-refractivity contribution is 9.10. The normalized spacial score (nSPS) is 20.9. The Labute approximate surface area is 95.0 Å². The average Bonchev–Trinajstić information content (AvgIpc) is 2.21. The van der Waals surface area contributed by atoms with Crippen LogP contribution in [-0.4, -0.2) is 13.1 Å². The van der Waals surface area contributed by atoms with Crippen molar-refractivity contribution in [2.45, 2.75) is 19.8 Å². The first kappa shape index (κ1) is 11.7. The van der Waals surface area contributed by atoms with E-state index < -0.39 is 0 Å². The zero-order valence-electron chi connectivity index (χ0n) is 8.67. The van der Waals surface area contributed by atoms with Crippen LogP contribution in [0, 0.1) is 5.92 Å². The molecule has 1 aromatic carbocycles.